The van der Waals surface area contributed by atoms with Crippen molar-refractivity contribution < 1.29 is 30.6 Å². The molecule has 1 unspecified atom stereocenters. The van der Waals surface area contributed by atoms with E-state index in [0.717, 1.165) is 18.2 Å². The highest BCUT2D eigenvalue weighted by Crippen LogP contribution is 2.42. The van der Waals surface area contributed by atoms with E-state index in [1.165, 1.54) is 18.2 Å². The summed E-state index contributed by atoms with van der Waals surface area (Å²) in [6, 6.07) is 6.94. The molecule has 198 valence electrons. The van der Waals surface area contributed by atoms with E-state index in [1.54, 1.807) is 24.6 Å². The molecule has 2 N–H and O–H groups in total. The lowest BCUT2D eigenvalue weighted by atomic mass is 9.89. The van der Waals surface area contributed by atoms with Gasteiger partial charge in [0.15, 0.2) is 0 Å². The first-order chi connectivity index (χ1) is 16.4. The fourth-order valence-corrected chi connectivity index (χ4v) is 4.76. The third-order valence-corrected chi connectivity index (χ3v) is 7.38. The average Bonchev–Trinajstić information content (AvgIpc) is 3.06. The molecule has 0 radical (unpaired) electrons. The molecular formula is C26H30F6N2OS. The Bertz CT molecular complexity index is 1270. The molecular weight excluding hydrogens is 502 g/mol. The number of aromatic nitrogens is 1. The van der Waals surface area contributed by atoms with Crippen LogP contribution in [-0.4, -0.2) is 19.9 Å². The molecule has 1 heterocycles. The van der Waals surface area contributed by atoms with Gasteiger partial charge in [0.05, 0.1) is 21.3 Å². The number of benzene rings is 2. The molecule has 0 bridgehead atoms. The summed E-state index contributed by atoms with van der Waals surface area (Å²) in [5, 5.41) is 5.95. The number of hydrogen-bond acceptors (Lipinski definition) is 1. The molecule has 0 aliphatic carbocycles. The summed E-state index contributed by atoms with van der Waals surface area (Å²) >= 11 is 0. The lowest BCUT2D eigenvalue weighted by Crippen LogP contribution is -2.35. The number of hydrogen-bond donors (Lipinski definition) is 1. The fourth-order valence-electron chi connectivity index (χ4n) is 4.41. The first kappa shape index (κ1) is 28.2. The maximum atomic E-state index is 14.7. The first-order valence-corrected chi connectivity index (χ1v) is 12.6. The minimum Gasteiger partial charge on any atom is -0.347 e. The zero-order valence-electron chi connectivity index (χ0n) is 20.7. The average molecular weight is 533 g/mol. The first-order valence-electron chi connectivity index (χ1n) is 11.4. The lowest BCUT2D eigenvalue weighted by Gasteiger charge is -2.27. The summed E-state index contributed by atoms with van der Waals surface area (Å²) in [7, 11) is -1.86. The number of nitrogens with two attached hydrogens (primary N) is 1. The monoisotopic (exact) mass is 532 g/mol. The number of halogens is 6. The van der Waals surface area contributed by atoms with E-state index in [4.69, 9.17) is 5.14 Å². The highest BCUT2D eigenvalue weighted by atomic mass is 32.2. The smallest absolute Gasteiger partial charge is 0.347 e. The highest BCUT2D eigenvalue weighted by Gasteiger charge is 2.37. The van der Waals surface area contributed by atoms with Crippen molar-refractivity contribution in [1.29, 1.82) is 0 Å². The molecule has 1 aromatic heterocycles. The van der Waals surface area contributed by atoms with Gasteiger partial charge in [0.1, 0.15) is 5.82 Å². The van der Waals surface area contributed by atoms with Crippen LogP contribution in [0.1, 0.15) is 58.1 Å². The molecule has 2 aromatic carbocycles. The van der Waals surface area contributed by atoms with Gasteiger partial charge in [0.25, 0.3) is 0 Å². The third kappa shape index (κ3) is 5.96. The molecule has 10 heteroatoms. The summed E-state index contributed by atoms with van der Waals surface area (Å²) in [5.41, 5.74) is -1.34. The van der Waals surface area contributed by atoms with Crippen LogP contribution in [-0.2, 0) is 23.7 Å². The van der Waals surface area contributed by atoms with E-state index in [-0.39, 0.29) is 23.0 Å². The summed E-state index contributed by atoms with van der Waals surface area (Å²) in [4.78, 5) is 0. The van der Waals surface area contributed by atoms with E-state index in [0.29, 0.717) is 17.4 Å². The minimum atomic E-state index is -4.78. The van der Waals surface area contributed by atoms with E-state index in [9.17, 15) is 30.6 Å². The molecule has 0 aliphatic rings. The SMILES string of the molecule is CC(C)(C)Cn1cc([C@H](CC(C)(C)S(N)=O)C(F)F)c2ccc(-c3c(F)cccc3C(F)(F)F)cc21. The van der Waals surface area contributed by atoms with Gasteiger partial charge in [0, 0.05) is 35.1 Å². The number of alkyl halides is 5. The Labute approximate surface area is 209 Å². The van der Waals surface area contributed by atoms with Crippen LogP contribution >= 0.6 is 0 Å². The summed E-state index contributed by atoms with van der Waals surface area (Å²) in [6.07, 6.45) is -6.19. The van der Waals surface area contributed by atoms with Gasteiger partial charge < -0.3 is 4.57 Å². The second-order valence-corrected chi connectivity index (χ2v) is 12.6. The van der Waals surface area contributed by atoms with Crippen molar-refractivity contribution in [1.82, 2.24) is 4.57 Å². The van der Waals surface area contributed by atoms with Crippen LogP contribution in [0.3, 0.4) is 0 Å². The van der Waals surface area contributed by atoms with Crippen LogP contribution in [0.2, 0.25) is 0 Å². The Hall–Kier alpha value is -2.33. The predicted octanol–water partition coefficient (Wildman–Crippen LogP) is 7.65. The van der Waals surface area contributed by atoms with Crippen molar-refractivity contribution in [3.63, 3.8) is 0 Å². The Morgan fingerprint density at radius 1 is 1.03 bits per heavy atom. The minimum absolute atomic E-state index is 0.00952. The van der Waals surface area contributed by atoms with Crippen molar-refractivity contribution in [2.45, 2.75) is 70.9 Å². The topological polar surface area (TPSA) is 48.0 Å². The van der Waals surface area contributed by atoms with Crippen LogP contribution in [0.25, 0.3) is 22.0 Å². The van der Waals surface area contributed by atoms with Gasteiger partial charge in [0.2, 0.25) is 6.43 Å². The van der Waals surface area contributed by atoms with Crippen LogP contribution in [0.4, 0.5) is 26.3 Å². The molecule has 3 aromatic rings. The lowest BCUT2D eigenvalue weighted by molar-refractivity contribution is -0.137. The van der Waals surface area contributed by atoms with E-state index in [1.807, 2.05) is 20.8 Å². The third-order valence-electron chi connectivity index (χ3n) is 6.13. The van der Waals surface area contributed by atoms with Crippen LogP contribution in [0.5, 0.6) is 0 Å². The zero-order valence-corrected chi connectivity index (χ0v) is 21.5. The van der Waals surface area contributed by atoms with Crippen LogP contribution < -0.4 is 5.14 Å². The second kappa shape index (κ2) is 9.85. The molecule has 0 saturated heterocycles. The molecule has 0 amide bonds. The van der Waals surface area contributed by atoms with Crippen molar-refractivity contribution >= 4 is 21.9 Å². The molecule has 0 spiro atoms. The second-order valence-electron chi connectivity index (χ2n) is 10.9. The number of nitrogens with zero attached hydrogens (tertiary/aromatic N) is 1. The zero-order chi connectivity index (χ0) is 27.2. The Balaban J connectivity index is 2.28. The Kier molecular flexibility index (Phi) is 7.73. The van der Waals surface area contributed by atoms with Crippen LogP contribution in [0.15, 0.2) is 42.6 Å². The van der Waals surface area contributed by atoms with Gasteiger partial charge >= 0.3 is 6.18 Å². The van der Waals surface area contributed by atoms with E-state index >= 15 is 0 Å². The molecule has 36 heavy (non-hydrogen) atoms. The van der Waals surface area contributed by atoms with Gasteiger partial charge in [-0.25, -0.2) is 17.4 Å². The molecule has 0 fully saturated rings. The van der Waals surface area contributed by atoms with Gasteiger partial charge in [-0.15, -0.1) is 0 Å². The van der Waals surface area contributed by atoms with Crippen molar-refractivity contribution in [2.75, 3.05) is 0 Å². The largest absolute Gasteiger partial charge is 0.417 e. The summed E-state index contributed by atoms with van der Waals surface area (Å²) < 4.78 is 96.9. The molecule has 0 saturated carbocycles. The van der Waals surface area contributed by atoms with Crippen molar-refractivity contribution in [3.05, 3.63) is 59.5 Å². The quantitative estimate of drug-likeness (QED) is 0.312. The number of fused-ring (bicyclic) bond motifs is 1. The Morgan fingerprint density at radius 3 is 2.19 bits per heavy atom. The van der Waals surface area contributed by atoms with Crippen molar-refractivity contribution in [3.8, 4) is 11.1 Å². The predicted molar refractivity (Wildman–Crippen MR) is 132 cm³/mol. The Morgan fingerprint density at radius 2 is 1.67 bits per heavy atom. The standard InChI is InChI=1S/C26H30F6N2OS/c1-24(2,3)14-34-13-18(17(23(28)29)12-25(4,5)36(33)35)16-10-9-15(11-21(16)34)22-19(26(30,31)32)7-6-8-20(22)27/h6-11,13,17,23H,12,14,33H2,1-5H3/t17-,36?/m0/s1. The van der Waals surface area contributed by atoms with Crippen molar-refractivity contribution in [2.24, 2.45) is 10.6 Å². The summed E-state index contributed by atoms with van der Waals surface area (Å²) in [6.45, 7) is 9.27. The number of rotatable bonds is 7. The highest BCUT2D eigenvalue weighted by molar-refractivity contribution is 7.84. The van der Waals surface area contributed by atoms with E-state index < -0.39 is 51.2 Å². The van der Waals surface area contributed by atoms with Gasteiger partial charge in [-0.2, -0.15) is 13.2 Å². The van der Waals surface area contributed by atoms with Gasteiger partial charge in [-0.3, -0.25) is 5.14 Å². The maximum Gasteiger partial charge on any atom is 0.417 e. The molecule has 2 atom stereocenters. The van der Waals surface area contributed by atoms with Crippen LogP contribution in [0, 0.1) is 11.2 Å². The van der Waals surface area contributed by atoms with Gasteiger partial charge in [-0.05, 0) is 55.0 Å². The van der Waals surface area contributed by atoms with Gasteiger partial charge in [-0.1, -0.05) is 39.0 Å². The summed E-state index contributed by atoms with van der Waals surface area (Å²) in [5.74, 6) is -2.35. The van der Waals surface area contributed by atoms with E-state index in [2.05, 4.69) is 0 Å². The molecule has 0 aliphatic heterocycles. The fraction of sp³-hybridized carbons (Fsp3) is 0.462. The normalized spacial score (nSPS) is 15.0. The molecule has 3 rings (SSSR count). The molecule has 3 nitrogen and oxygen atoms in total. The maximum absolute atomic E-state index is 14.7.